The van der Waals surface area contributed by atoms with Crippen LogP contribution in [0.15, 0.2) is 28.1 Å². The summed E-state index contributed by atoms with van der Waals surface area (Å²) in [6.07, 6.45) is -0.0983. The molecule has 2 aromatic rings. The van der Waals surface area contributed by atoms with E-state index >= 15 is 0 Å². The summed E-state index contributed by atoms with van der Waals surface area (Å²) in [4.78, 5) is 1.10. The predicted molar refractivity (Wildman–Crippen MR) is 86.8 cm³/mol. The third kappa shape index (κ3) is 3.70. The van der Waals surface area contributed by atoms with Gasteiger partial charge in [-0.3, -0.25) is 0 Å². The lowest BCUT2D eigenvalue weighted by Crippen LogP contribution is -2.03. The van der Waals surface area contributed by atoms with Crippen molar-refractivity contribution in [2.45, 2.75) is 12.5 Å². The van der Waals surface area contributed by atoms with Gasteiger partial charge >= 0.3 is 0 Å². The molecule has 6 heteroatoms. The van der Waals surface area contributed by atoms with Gasteiger partial charge in [0.25, 0.3) is 0 Å². The molecule has 114 valence electrons. The molecule has 21 heavy (non-hydrogen) atoms. The number of hydrogen-bond donors (Lipinski definition) is 1. The van der Waals surface area contributed by atoms with Gasteiger partial charge in [-0.05, 0) is 39.7 Å². The molecule has 0 amide bonds. The molecule has 1 unspecified atom stereocenters. The van der Waals surface area contributed by atoms with E-state index in [1.807, 2.05) is 11.4 Å². The minimum Gasteiger partial charge on any atom is -0.493 e. The second-order valence-electron chi connectivity index (χ2n) is 4.41. The van der Waals surface area contributed by atoms with Crippen molar-refractivity contribution < 1.29 is 19.3 Å². The minimum atomic E-state index is -0.635. The van der Waals surface area contributed by atoms with Crippen molar-refractivity contribution in [3.05, 3.63) is 38.5 Å². The van der Waals surface area contributed by atoms with E-state index < -0.39 is 6.10 Å². The molecule has 0 saturated carbocycles. The molecule has 4 nitrogen and oxygen atoms in total. The maximum atomic E-state index is 10.4. The van der Waals surface area contributed by atoms with Crippen LogP contribution in [0.25, 0.3) is 0 Å². The van der Waals surface area contributed by atoms with Crippen LogP contribution in [0.1, 0.15) is 16.5 Å². The number of aliphatic hydroxyl groups is 1. The van der Waals surface area contributed by atoms with Crippen LogP contribution in [0.5, 0.6) is 17.2 Å². The fourth-order valence-corrected chi connectivity index (χ4v) is 3.55. The molecule has 0 aliphatic carbocycles. The molecule has 0 bridgehead atoms. The highest BCUT2D eigenvalue weighted by molar-refractivity contribution is 9.10. The van der Waals surface area contributed by atoms with E-state index in [-0.39, 0.29) is 0 Å². The Labute approximate surface area is 136 Å². The van der Waals surface area contributed by atoms with Gasteiger partial charge in [0.15, 0.2) is 11.5 Å². The van der Waals surface area contributed by atoms with Gasteiger partial charge < -0.3 is 19.3 Å². The minimum absolute atomic E-state index is 0.523. The zero-order valence-electron chi connectivity index (χ0n) is 12.1. The fourth-order valence-electron chi connectivity index (χ4n) is 2.06. The van der Waals surface area contributed by atoms with E-state index in [0.29, 0.717) is 23.7 Å². The van der Waals surface area contributed by atoms with Crippen molar-refractivity contribution in [3.63, 3.8) is 0 Å². The summed E-state index contributed by atoms with van der Waals surface area (Å²) in [5.74, 6) is 1.60. The maximum absolute atomic E-state index is 10.4. The van der Waals surface area contributed by atoms with Crippen LogP contribution in [0, 0.1) is 0 Å². The van der Waals surface area contributed by atoms with Crippen LogP contribution < -0.4 is 14.2 Å². The van der Waals surface area contributed by atoms with E-state index in [1.54, 1.807) is 44.8 Å². The Balaban J connectivity index is 2.30. The van der Waals surface area contributed by atoms with Crippen molar-refractivity contribution in [1.82, 2.24) is 0 Å². The quantitative estimate of drug-likeness (QED) is 0.837. The molecule has 0 aliphatic heterocycles. The number of methoxy groups -OCH3 is 3. The number of hydrogen-bond acceptors (Lipinski definition) is 5. The lowest BCUT2D eigenvalue weighted by Gasteiger charge is -2.16. The Morgan fingerprint density at radius 3 is 2.14 bits per heavy atom. The van der Waals surface area contributed by atoms with E-state index in [9.17, 15) is 5.11 Å². The largest absolute Gasteiger partial charge is 0.493 e. The number of benzene rings is 1. The Kier molecular flexibility index (Phi) is 5.50. The molecule has 1 N–H and O–H groups in total. The molecule has 0 saturated heterocycles. The van der Waals surface area contributed by atoms with Crippen LogP contribution in [-0.2, 0) is 6.42 Å². The molecule has 1 aromatic heterocycles. The summed E-state index contributed by atoms with van der Waals surface area (Å²) in [5.41, 5.74) is 0.731. The van der Waals surface area contributed by atoms with E-state index in [2.05, 4.69) is 15.9 Å². The van der Waals surface area contributed by atoms with Gasteiger partial charge in [0.1, 0.15) is 0 Å². The second-order valence-corrected chi connectivity index (χ2v) is 6.32. The first-order chi connectivity index (χ1) is 10.1. The maximum Gasteiger partial charge on any atom is 0.203 e. The number of halogens is 1. The predicted octanol–water partition coefficient (Wildman–Crippen LogP) is 3.81. The number of rotatable bonds is 6. The van der Waals surface area contributed by atoms with Crippen molar-refractivity contribution in [2.75, 3.05) is 21.3 Å². The van der Waals surface area contributed by atoms with Gasteiger partial charge in [-0.15, -0.1) is 11.3 Å². The molecule has 1 heterocycles. The van der Waals surface area contributed by atoms with E-state index in [4.69, 9.17) is 14.2 Å². The normalized spacial score (nSPS) is 12.0. The third-order valence-electron chi connectivity index (χ3n) is 3.09. The highest BCUT2D eigenvalue weighted by Gasteiger charge is 2.18. The van der Waals surface area contributed by atoms with Gasteiger partial charge in [0.05, 0.1) is 27.4 Å². The van der Waals surface area contributed by atoms with Crippen LogP contribution >= 0.6 is 27.3 Å². The number of thiophene rings is 1. The average molecular weight is 373 g/mol. The van der Waals surface area contributed by atoms with Gasteiger partial charge in [-0.25, -0.2) is 0 Å². The lowest BCUT2D eigenvalue weighted by molar-refractivity contribution is 0.178. The third-order valence-corrected chi connectivity index (χ3v) is 4.81. The van der Waals surface area contributed by atoms with E-state index in [1.165, 1.54) is 0 Å². The van der Waals surface area contributed by atoms with Gasteiger partial charge in [0.2, 0.25) is 5.75 Å². The smallest absolute Gasteiger partial charge is 0.203 e. The van der Waals surface area contributed by atoms with Crippen molar-refractivity contribution >= 4 is 27.3 Å². The monoisotopic (exact) mass is 372 g/mol. The highest BCUT2D eigenvalue weighted by Crippen LogP contribution is 2.40. The summed E-state index contributed by atoms with van der Waals surface area (Å²) >= 11 is 5.02. The summed E-state index contributed by atoms with van der Waals surface area (Å²) in [6.45, 7) is 0. The van der Waals surface area contributed by atoms with Crippen LogP contribution in [-0.4, -0.2) is 26.4 Å². The molecule has 1 aromatic carbocycles. The van der Waals surface area contributed by atoms with Gasteiger partial charge in [0, 0.05) is 21.2 Å². The van der Waals surface area contributed by atoms with Crippen LogP contribution in [0.4, 0.5) is 0 Å². The standard InChI is InChI=1S/C15H17BrO4S/c1-18-13-4-9(5-14(19-2)15(13)20-3)12(17)7-11-6-10(16)8-21-11/h4-6,8,12,17H,7H2,1-3H3. The topological polar surface area (TPSA) is 47.9 Å². The Morgan fingerprint density at radius 2 is 1.71 bits per heavy atom. The lowest BCUT2D eigenvalue weighted by atomic mass is 10.0. The Hall–Kier alpha value is -1.24. The Bertz CT molecular complexity index is 586. The Morgan fingerprint density at radius 1 is 1.10 bits per heavy atom. The fraction of sp³-hybridized carbons (Fsp3) is 0.333. The van der Waals surface area contributed by atoms with Gasteiger partial charge in [-0.2, -0.15) is 0 Å². The van der Waals surface area contributed by atoms with E-state index in [0.717, 1.165) is 14.9 Å². The average Bonchev–Trinajstić information content (AvgIpc) is 2.90. The summed E-state index contributed by atoms with van der Waals surface area (Å²) in [7, 11) is 4.67. The molecule has 0 radical (unpaired) electrons. The van der Waals surface area contributed by atoms with Crippen molar-refractivity contribution in [3.8, 4) is 17.2 Å². The first-order valence-electron chi connectivity index (χ1n) is 6.30. The summed E-state index contributed by atoms with van der Waals surface area (Å²) in [5, 5.41) is 12.4. The van der Waals surface area contributed by atoms with Crippen molar-refractivity contribution in [1.29, 1.82) is 0 Å². The number of aliphatic hydroxyl groups excluding tert-OH is 1. The number of ether oxygens (including phenoxy) is 3. The molecular formula is C15H17BrO4S. The highest BCUT2D eigenvalue weighted by atomic mass is 79.9. The van der Waals surface area contributed by atoms with Crippen LogP contribution in [0.3, 0.4) is 0 Å². The zero-order chi connectivity index (χ0) is 15.4. The van der Waals surface area contributed by atoms with Gasteiger partial charge in [-0.1, -0.05) is 0 Å². The first kappa shape index (κ1) is 16.1. The van der Waals surface area contributed by atoms with Crippen molar-refractivity contribution in [2.24, 2.45) is 0 Å². The molecule has 2 rings (SSSR count). The molecule has 0 fully saturated rings. The zero-order valence-corrected chi connectivity index (χ0v) is 14.5. The molecule has 0 aliphatic rings. The van der Waals surface area contributed by atoms with Crippen LogP contribution in [0.2, 0.25) is 0 Å². The molecule has 1 atom stereocenters. The molecule has 0 spiro atoms. The summed E-state index contributed by atoms with van der Waals surface area (Å²) < 4.78 is 16.9. The SMILES string of the molecule is COc1cc(C(O)Cc2cc(Br)cs2)cc(OC)c1OC. The first-order valence-corrected chi connectivity index (χ1v) is 7.97. The summed E-state index contributed by atoms with van der Waals surface area (Å²) in [6, 6.07) is 5.55. The molecular weight excluding hydrogens is 356 g/mol. The second kappa shape index (κ2) is 7.15.